The SMILES string of the molecule is Cc1cc(N=S2(=O)CCOCC2)cc2ncnc(Nc3ccc(Cl)cc3O[C@H](C)C(=O)N[C@@H](C)C(F)(F)F)c12. The van der Waals surface area contributed by atoms with Gasteiger partial charge in [-0.1, -0.05) is 11.6 Å². The van der Waals surface area contributed by atoms with Crippen LogP contribution in [0.2, 0.25) is 5.02 Å². The van der Waals surface area contributed by atoms with Gasteiger partial charge in [0.1, 0.15) is 23.9 Å². The van der Waals surface area contributed by atoms with Gasteiger partial charge < -0.3 is 20.1 Å². The Morgan fingerprint density at radius 2 is 1.90 bits per heavy atom. The topological polar surface area (TPSA) is 115 Å². The predicted octanol–water partition coefficient (Wildman–Crippen LogP) is 5.30. The van der Waals surface area contributed by atoms with E-state index in [4.69, 9.17) is 21.1 Å². The second kappa shape index (κ2) is 11.5. The lowest BCUT2D eigenvalue weighted by Gasteiger charge is -2.22. The minimum absolute atomic E-state index is 0.136. The number of halogens is 4. The highest BCUT2D eigenvalue weighted by Gasteiger charge is 2.38. The third-order valence-electron chi connectivity index (χ3n) is 6.00. The number of amides is 1. The van der Waals surface area contributed by atoms with Gasteiger partial charge in [0.2, 0.25) is 0 Å². The van der Waals surface area contributed by atoms with Crippen LogP contribution in [0.1, 0.15) is 19.4 Å². The van der Waals surface area contributed by atoms with Gasteiger partial charge in [-0.25, -0.2) is 14.2 Å². The molecule has 2 heterocycles. The van der Waals surface area contributed by atoms with Crippen LogP contribution in [-0.2, 0) is 19.3 Å². The first-order chi connectivity index (χ1) is 18.3. The number of aromatic nitrogens is 2. The number of hydrogen-bond acceptors (Lipinski definition) is 8. The predicted molar refractivity (Wildman–Crippen MR) is 144 cm³/mol. The summed E-state index contributed by atoms with van der Waals surface area (Å²) in [5, 5.41) is 6.01. The van der Waals surface area contributed by atoms with Crippen LogP contribution in [0.3, 0.4) is 0 Å². The molecule has 2 aromatic carbocycles. The molecule has 0 unspecified atom stereocenters. The summed E-state index contributed by atoms with van der Waals surface area (Å²) >= 11 is 6.13. The van der Waals surface area contributed by atoms with Gasteiger partial charge in [0.15, 0.2) is 6.10 Å². The molecular formula is C25H27ClF3N5O4S. The Kier molecular flexibility index (Phi) is 8.52. The summed E-state index contributed by atoms with van der Waals surface area (Å²) in [7, 11) is -2.41. The van der Waals surface area contributed by atoms with E-state index in [1.807, 2.05) is 12.2 Å². The molecule has 4 rings (SSSR count). The Bertz CT molecular complexity index is 1500. The number of nitrogens with one attached hydrogen (secondary N) is 2. The molecule has 2 atom stereocenters. The van der Waals surface area contributed by atoms with Gasteiger partial charge in [-0.05, 0) is 50.6 Å². The molecular weight excluding hydrogens is 559 g/mol. The van der Waals surface area contributed by atoms with Crippen molar-refractivity contribution in [2.75, 3.05) is 30.0 Å². The molecule has 0 bridgehead atoms. The van der Waals surface area contributed by atoms with Crippen LogP contribution in [-0.4, -0.2) is 63.1 Å². The number of hydrogen-bond donors (Lipinski definition) is 2. The van der Waals surface area contributed by atoms with Crippen LogP contribution >= 0.6 is 11.6 Å². The van der Waals surface area contributed by atoms with E-state index in [1.165, 1.54) is 19.3 Å². The third-order valence-corrected chi connectivity index (χ3v) is 8.39. The van der Waals surface area contributed by atoms with Gasteiger partial charge in [-0.15, -0.1) is 0 Å². The van der Waals surface area contributed by atoms with Gasteiger partial charge in [0.05, 0.1) is 51.3 Å². The standard InChI is InChI=1S/C25H27ClF3N5O4S/c1-14-10-18(34-39(36)8-6-37-7-9-39)12-20-22(14)23(31-13-30-20)33-19-5-4-17(26)11-21(19)38-15(2)24(35)32-16(3)25(27,28)29/h4-5,10-13,15-16H,6-9H2,1-3H3,(H,32,35)(H,30,31,33)/t15-,16+/m1/s1. The lowest BCUT2D eigenvalue weighted by molar-refractivity contribution is -0.160. The van der Waals surface area contributed by atoms with Crippen LogP contribution in [0.25, 0.3) is 10.9 Å². The van der Waals surface area contributed by atoms with E-state index in [2.05, 4.69) is 19.6 Å². The molecule has 1 amide bonds. The van der Waals surface area contributed by atoms with Gasteiger partial charge >= 0.3 is 6.18 Å². The molecule has 0 saturated carbocycles. The van der Waals surface area contributed by atoms with Crippen molar-refractivity contribution in [3.63, 3.8) is 0 Å². The molecule has 1 fully saturated rings. The molecule has 0 spiro atoms. The maximum absolute atomic E-state index is 13.0. The Labute approximate surface area is 228 Å². The molecule has 0 radical (unpaired) electrons. The number of benzene rings is 2. The van der Waals surface area contributed by atoms with Gasteiger partial charge in [0, 0.05) is 16.5 Å². The fourth-order valence-electron chi connectivity index (χ4n) is 3.87. The summed E-state index contributed by atoms with van der Waals surface area (Å²) in [6, 6.07) is 6.12. The molecule has 1 saturated heterocycles. The average Bonchev–Trinajstić information content (AvgIpc) is 2.85. The quantitative estimate of drug-likeness (QED) is 0.387. The molecule has 1 aromatic heterocycles. The molecule has 1 aliphatic rings. The zero-order valence-electron chi connectivity index (χ0n) is 21.3. The first-order valence-electron chi connectivity index (χ1n) is 12.0. The van der Waals surface area contributed by atoms with Crippen molar-refractivity contribution in [3.8, 4) is 5.75 Å². The third kappa shape index (κ3) is 7.08. The summed E-state index contributed by atoms with van der Waals surface area (Å²) in [5.74, 6) is 0.344. The lowest BCUT2D eigenvalue weighted by Crippen LogP contribution is -2.47. The maximum atomic E-state index is 13.0. The van der Waals surface area contributed by atoms with E-state index >= 15 is 0 Å². The largest absolute Gasteiger partial charge is 0.479 e. The summed E-state index contributed by atoms with van der Waals surface area (Å²) in [4.78, 5) is 21.0. The van der Waals surface area contributed by atoms with Crippen LogP contribution in [0.15, 0.2) is 41.0 Å². The molecule has 14 heteroatoms. The van der Waals surface area contributed by atoms with Crippen LogP contribution < -0.4 is 15.4 Å². The number of alkyl halides is 3. The van der Waals surface area contributed by atoms with Crippen LogP contribution in [0.5, 0.6) is 5.75 Å². The minimum atomic E-state index is -4.59. The van der Waals surface area contributed by atoms with Crippen molar-refractivity contribution in [1.82, 2.24) is 15.3 Å². The fourth-order valence-corrected chi connectivity index (χ4v) is 5.66. The number of carbonyl (C=O) groups excluding carboxylic acids is 1. The van der Waals surface area contributed by atoms with Crippen molar-refractivity contribution in [1.29, 1.82) is 0 Å². The maximum Gasteiger partial charge on any atom is 0.408 e. The van der Waals surface area contributed by atoms with Crippen molar-refractivity contribution in [3.05, 3.63) is 47.2 Å². The van der Waals surface area contributed by atoms with Gasteiger partial charge in [0.25, 0.3) is 5.91 Å². The van der Waals surface area contributed by atoms with Crippen molar-refractivity contribution in [2.45, 2.75) is 39.1 Å². The fraction of sp³-hybridized carbons (Fsp3) is 0.400. The first kappa shape index (κ1) is 28.8. The monoisotopic (exact) mass is 585 g/mol. The average molecular weight is 586 g/mol. The molecule has 1 aliphatic heterocycles. The smallest absolute Gasteiger partial charge is 0.408 e. The van der Waals surface area contributed by atoms with Crippen LogP contribution in [0.4, 0.5) is 30.4 Å². The number of aryl methyl sites for hydroxylation is 1. The Morgan fingerprint density at radius 3 is 2.59 bits per heavy atom. The minimum Gasteiger partial charge on any atom is -0.479 e. The van der Waals surface area contributed by atoms with Crippen LogP contribution in [0, 0.1) is 6.92 Å². The molecule has 3 aromatic rings. The summed E-state index contributed by atoms with van der Waals surface area (Å²) in [5.41, 5.74) is 2.25. The van der Waals surface area contributed by atoms with E-state index in [-0.39, 0.29) is 5.75 Å². The molecule has 9 nitrogen and oxygen atoms in total. The van der Waals surface area contributed by atoms with E-state index in [0.717, 1.165) is 12.5 Å². The number of nitrogens with zero attached hydrogens (tertiary/aromatic N) is 3. The van der Waals surface area contributed by atoms with Gasteiger partial charge in [-0.3, -0.25) is 4.79 Å². The Balaban J connectivity index is 1.62. The highest BCUT2D eigenvalue weighted by Crippen LogP contribution is 2.35. The van der Waals surface area contributed by atoms with E-state index in [9.17, 15) is 22.2 Å². The molecule has 0 aliphatic carbocycles. The Hall–Kier alpha value is -3.16. The first-order valence-corrected chi connectivity index (χ1v) is 14.2. The number of fused-ring (bicyclic) bond motifs is 1. The number of carbonyl (C=O) groups is 1. The highest BCUT2D eigenvalue weighted by atomic mass is 35.5. The normalized spacial score (nSPS) is 16.8. The Morgan fingerprint density at radius 1 is 1.18 bits per heavy atom. The van der Waals surface area contributed by atoms with Crippen molar-refractivity contribution < 1.29 is 31.6 Å². The number of ether oxygens (including phenoxy) is 2. The van der Waals surface area contributed by atoms with E-state index < -0.39 is 34.0 Å². The molecule has 39 heavy (non-hydrogen) atoms. The molecule has 2 N–H and O–H groups in total. The number of rotatable bonds is 7. The summed E-state index contributed by atoms with van der Waals surface area (Å²) in [6.07, 6.45) is -4.49. The highest BCUT2D eigenvalue weighted by molar-refractivity contribution is 7.93. The number of anilines is 2. The van der Waals surface area contributed by atoms with E-state index in [0.29, 0.717) is 57.8 Å². The van der Waals surface area contributed by atoms with E-state index in [1.54, 1.807) is 24.3 Å². The summed E-state index contributed by atoms with van der Waals surface area (Å²) in [6.45, 7) is 4.83. The molecule has 210 valence electrons. The van der Waals surface area contributed by atoms with Crippen molar-refractivity contribution >= 4 is 55.3 Å². The van der Waals surface area contributed by atoms with Crippen molar-refractivity contribution in [2.24, 2.45) is 4.36 Å². The lowest BCUT2D eigenvalue weighted by atomic mass is 10.1. The zero-order chi connectivity index (χ0) is 28.4. The second-order valence-electron chi connectivity index (χ2n) is 9.06. The zero-order valence-corrected chi connectivity index (χ0v) is 22.9. The second-order valence-corrected chi connectivity index (χ2v) is 12.0. The summed E-state index contributed by atoms with van der Waals surface area (Å²) < 4.78 is 67.1. The van der Waals surface area contributed by atoms with Gasteiger partial charge in [-0.2, -0.15) is 17.5 Å².